The number of nitrogens with two attached hydrogens (primary N) is 1. The van der Waals surface area contributed by atoms with Crippen LogP contribution in [0.3, 0.4) is 0 Å². The fourth-order valence-electron chi connectivity index (χ4n) is 2.99. The van der Waals surface area contributed by atoms with Crippen LogP contribution in [0.5, 0.6) is 0 Å². The molecule has 5 heteroatoms. The van der Waals surface area contributed by atoms with Crippen molar-refractivity contribution in [1.29, 1.82) is 0 Å². The molecule has 0 radical (unpaired) electrons. The second-order valence-corrected chi connectivity index (χ2v) is 7.45. The lowest BCUT2D eigenvalue weighted by Crippen LogP contribution is -2.53. The zero-order valence-corrected chi connectivity index (χ0v) is 14.9. The number of hydrogen-bond donors (Lipinski definition) is 2. The van der Waals surface area contributed by atoms with Gasteiger partial charge in [-0.1, -0.05) is 50.4 Å². The molecule has 22 heavy (non-hydrogen) atoms. The molecule has 1 aliphatic carbocycles. The maximum Gasteiger partial charge on any atom is 0.240 e. The molecule has 1 aliphatic rings. The number of rotatable bonds is 5. The molecule has 0 spiro atoms. The van der Waals surface area contributed by atoms with Crippen molar-refractivity contribution >= 4 is 29.9 Å². The Labute approximate surface area is 144 Å². The van der Waals surface area contributed by atoms with E-state index in [0.29, 0.717) is 6.54 Å². The zero-order valence-electron chi connectivity index (χ0n) is 13.3. The van der Waals surface area contributed by atoms with Crippen LogP contribution in [0, 0.1) is 5.41 Å². The third-order valence-electron chi connectivity index (χ3n) is 4.25. The molecule has 0 unspecified atom stereocenters. The summed E-state index contributed by atoms with van der Waals surface area (Å²) in [5.41, 5.74) is 6.68. The molecule has 1 fully saturated rings. The number of halogens is 2. The zero-order chi connectivity index (χ0) is 15.5. The number of benzene rings is 1. The van der Waals surface area contributed by atoms with Crippen molar-refractivity contribution in [2.24, 2.45) is 11.1 Å². The van der Waals surface area contributed by atoms with Gasteiger partial charge in [-0.25, -0.2) is 0 Å². The Morgan fingerprint density at radius 2 is 2.00 bits per heavy atom. The van der Waals surface area contributed by atoms with Gasteiger partial charge in [0.2, 0.25) is 5.91 Å². The molecule has 1 amide bonds. The number of nitrogens with one attached hydrogen (secondary N) is 1. The van der Waals surface area contributed by atoms with Crippen LogP contribution in [0.4, 0.5) is 0 Å². The summed E-state index contributed by atoms with van der Waals surface area (Å²) in [6.07, 6.45) is 4.57. The topological polar surface area (TPSA) is 55.1 Å². The van der Waals surface area contributed by atoms with E-state index in [0.717, 1.165) is 37.1 Å². The van der Waals surface area contributed by atoms with E-state index in [1.807, 2.05) is 18.2 Å². The van der Waals surface area contributed by atoms with E-state index in [9.17, 15) is 4.79 Å². The lowest BCUT2D eigenvalue weighted by Gasteiger charge is -2.29. The van der Waals surface area contributed by atoms with Crippen LogP contribution in [0.25, 0.3) is 0 Å². The third kappa shape index (κ3) is 5.15. The van der Waals surface area contributed by atoms with Gasteiger partial charge in [-0.2, -0.15) is 0 Å². The maximum absolute atomic E-state index is 12.3. The predicted octanol–water partition coefficient (Wildman–Crippen LogP) is 3.72. The summed E-state index contributed by atoms with van der Waals surface area (Å²) in [5.74, 6) is -0.000769. The van der Waals surface area contributed by atoms with Crippen LogP contribution >= 0.6 is 24.0 Å². The lowest BCUT2D eigenvalue weighted by atomic mass is 9.85. The number of carbonyl (C=O) groups excluding carboxylic acids is 1. The van der Waals surface area contributed by atoms with Crippen LogP contribution in [0.15, 0.2) is 24.3 Å². The van der Waals surface area contributed by atoms with Crippen molar-refractivity contribution in [3.05, 3.63) is 34.9 Å². The average Bonchev–Trinajstić information content (AvgIpc) is 2.84. The SMILES string of the molecule is CC(C)(CNC(=O)C1(N)CCCC1)Cc1cccc(Cl)c1.Cl. The molecule has 2 rings (SSSR count). The molecule has 3 N–H and O–H groups in total. The molecule has 1 aromatic rings. The molecular weight excluding hydrogens is 319 g/mol. The summed E-state index contributed by atoms with van der Waals surface area (Å²) in [7, 11) is 0. The van der Waals surface area contributed by atoms with E-state index in [4.69, 9.17) is 17.3 Å². The highest BCUT2D eigenvalue weighted by Crippen LogP contribution is 2.28. The second-order valence-electron chi connectivity index (χ2n) is 7.02. The highest BCUT2D eigenvalue weighted by atomic mass is 35.5. The first-order valence-electron chi connectivity index (χ1n) is 7.62. The quantitative estimate of drug-likeness (QED) is 0.855. The summed E-state index contributed by atoms with van der Waals surface area (Å²) in [6, 6.07) is 7.88. The van der Waals surface area contributed by atoms with Gasteiger partial charge in [0, 0.05) is 11.6 Å². The molecule has 0 saturated heterocycles. The van der Waals surface area contributed by atoms with E-state index < -0.39 is 5.54 Å². The summed E-state index contributed by atoms with van der Waals surface area (Å²) in [4.78, 5) is 12.3. The third-order valence-corrected chi connectivity index (χ3v) is 4.48. The van der Waals surface area contributed by atoms with Gasteiger partial charge in [0.15, 0.2) is 0 Å². The molecule has 124 valence electrons. The first-order valence-corrected chi connectivity index (χ1v) is 8.00. The molecule has 0 bridgehead atoms. The van der Waals surface area contributed by atoms with Gasteiger partial charge in [-0.3, -0.25) is 4.79 Å². The molecule has 1 saturated carbocycles. The van der Waals surface area contributed by atoms with Crippen molar-refractivity contribution in [1.82, 2.24) is 5.32 Å². The molecule has 0 aliphatic heterocycles. The standard InChI is InChI=1S/C17H25ClN2O.ClH/c1-16(2,11-13-6-5-7-14(18)10-13)12-20-15(21)17(19)8-3-4-9-17;/h5-7,10H,3-4,8-9,11-12,19H2,1-2H3,(H,20,21);1H. The van der Waals surface area contributed by atoms with Crippen LogP contribution in [-0.2, 0) is 11.2 Å². The highest BCUT2D eigenvalue weighted by Gasteiger charge is 2.37. The van der Waals surface area contributed by atoms with Crippen molar-refractivity contribution in [3.63, 3.8) is 0 Å². The second kappa shape index (κ2) is 7.67. The lowest BCUT2D eigenvalue weighted by molar-refractivity contribution is -0.126. The van der Waals surface area contributed by atoms with Gasteiger partial charge in [-0.15, -0.1) is 12.4 Å². The molecule has 0 atom stereocenters. The minimum atomic E-state index is -0.647. The smallest absolute Gasteiger partial charge is 0.240 e. The molecular formula is C17H26Cl2N2O. The Morgan fingerprint density at radius 1 is 1.36 bits per heavy atom. The van der Waals surface area contributed by atoms with Crippen molar-refractivity contribution in [3.8, 4) is 0 Å². The minimum Gasteiger partial charge on any atom is -0.354 e. The van der Waals surface area contributed by atoms with Gasteiger partial charge in [0.25, 0.3) is 0 Å². The predicted molar refractivity (Wildman–Crippen MR) is 94.6 cm³/mol. The minimum absolute atomic E-state index is 0. The average molecular weight is 345 g/mol. The fraction of sp³-hybridized carbons (Fsp3) is 0.588. The van der Waals surface area contributed by atoms with E-state index in [-0.39, 0.29) is 23.7 Å². The van der Waals surface area contributed by atoms with Crippen LogP contribution in [-0.4, -0.2) is 18.0 Å². The van der Waals surface area contributed by atoms with E-state index in [1.54, 1.807) is 0 Å². The van der Waals surface area contributed by atoms with E-state index in [2.05, 4.69) is 25.2 Å². The summed E-state index contributed by atoms with van der Waals surface area (Å²) < 4.78 is 0. The Bertz CT molecular complexity index is 511. The van der Waals surface area contributed by atoms with Gasteiger partial charge in [-0.05, 0) is 42.4 Å². The maximum atomic E-state index is 12.3. The Balaban J connectivity index is 0.00000242. The first kappa shape index (κ1) is 19.3. The van der Waals surface area contributed by atoms with Gasteiger partial charge >= 0.3 is 0 Å². The van der Waals surface area contributed by atoms with Crippen LogP contribution in [0.1, 0.15) is 45.1 Å². The van der Waals surface area contributed by atoms with Gasteiger partial charge < -0.3 is 11.1 Å². The van der Waals surface area contributed by atoms with Crippen LogP contribution in [0.2, 0.25) is 5.02 Å². The van der Waals surface area contributed by atoms with Crippen LogP contribution < -0.4 is 11.1 Å². The number of amides is 1. The van der Waals surface area contributed by atoms with Gasteiger partial charge in [0.1, 0.15) is 0 Å². The van der Waals surface area contributed by atoms with E-state index in [1.165, 1.54) is 5.56 Å². The molecule has 0 heterocycles. The molecule has 0 aromatic heterocycles. The monoisotopic (exact) mass is 344 g/mol. The van der Waals surface area contributed by atoms with Gasteiger partial charge in [0.05, 0.1) is 5.54 Å². The Hall–Kier alpha value is -0.770. The highest BCUT2D eigenvalue weighted by molar-refractivity contribution is 6.30. The molecule has 3 nitrogen and oxygen atoms in total. The Morgan fingerprint density at radius 3 is 2.59 bits per heavy atom. The number of carbonyl (C=O) groups is 1. The fourth-order valence-corrected chi connectivity index (χ4v) is 3.20. The normalized spacial score (nSPS) is 16.9. The summed E-state index contributed by atoms with van der Waals surface area (Å²) >= 11 is 6.02. The summed E-state index contributed by atoms with van der Waals surface area (Å²) in [6.45, 7) is 4.91. The van der Waals surface area contributed by atoms with E-state index >= 15 is 0 Å². The largest absolute Gasteiger partial charge is 0.354 e. The van der Waals surface area contributed by atoms with Crippen molar-refractivity contribution in [2.75, 3.05) is 6.54 Å². The van der Waals surface area contributed by atoms with Crippen molar-refractivity contribution < 1.29 is 4.79 Å². The number of hydrogen-bond acceptors (Lipinski definition) is 2. The summed E-state index contributed by atoms with van der Waals surface area (Å²) in [5, 5.41) is 3.79. The molecule has 1 aromatic carbocycles. The Kier molecular flexibility index (Phi) is 6.72. The first-order chi connectivity index (χ1) is 9.81. The van der Waals surface area contributed by atoms with Crippen molar-refractivity contribution in [2.45, 2.75) is 51.5 Å².